The zero-order chi connectivity index (χ0) is 35.3. The lowest BCUT2D eigenvalue weighted by molar-refractivity contribution is 0.0978. The van der Waals surface area contributed by atoms with E-state index in [0.717, 1.165) is 22.5 Å². The second-order valence-electron chi connectivity index (χ2n) is 12.9. The zero-order valence-electron chi connectivity index (χ0n) is 28.5. The Kier molecular flexibility index (Phi) is 7.68. The van der Waals surface area contributed by atoms with Crippen molar-refractivity contribution in [3.05, 3.63) is 125 Å². The van der Waals surface area contributed by atoms with Crippen molar-refractivity contribution < 1.29 is 28.5 Å². The first-order valence-electron chi connectivity index (χ1n) is 17.0. The average molecular weight is 692 g/mol. The fraction of sp³-hybridized carbons (Fsp3) is 0.195. The number of para-hydroxylation sites is 2. The summed E-state index contributed by atoms with van der Waals surface area (Å²) in [5.74, 6) is 1.49. The number of methoxy groups -OCH3 is 2. The lowest BCUT2D eigenvalue weighted by Crippen LogP contribution is -2.37. The van der Waals surface area contributed by atoms with E-state index in [1.54, 1.807) is 48.3 Å². The Morgan fingerprint density at radius 3 is 1.52 bits per heavy atom. The van der Waals surface area contributed by atoms with E-state index in [1.165, 1.54) is 0 Å². The van der Waals surface area contributed by atoms with Crippen molar-refractivity contribution in [1.82, 2.24) is 4.98 Å². The normalized spacial score (nSPS) is 17.7. The van der Waals surface area contributed by atoms with E-state index >= 15 is 0 Å². The van der Waals surface area contributed by atoms with Crippen molar-refractivity contribution in [2.45, 2.75) is 38.1 Å². The van der Waals surface area contributed by atoms with Gasteiger partial charge in [-0.05, 0) is 47.5 Å². The van der Waals surface area contributed by atoms with Crippen molar-refractivity contribution in [1.29, 1.82) is 0 Å². The lowest BCUT2D eigenvalue weighted by Gasteiger charge is -2.22. The molecule has 0 bridgehead atoms. The molecular formula is C41H33N5O6. The third kappa shape index (κ3) is 5.33. The predicted octanol–water partition coefficient (Wildman–Crippen LogP) is 6.83. The number of hydrogen-bond donors (Lipinski definition) is 0. The molecule has 0 radical (unpaired) electrons. The predicted molar refractivity (Wildman–Crippen MR) is 197 cm³/mol. The van der Waals surface area contributed by atoms with Gasteiger partial charge in [0.2, 0.25) is 0 Å². The van der Waals surface area contributed by atoms with Gasteiger partial charge in [-0.3, -0.25) is 34.4 Å². The number of fused-ring (bicyclic) bond motifs is 8. The van der Waals surface area contributed by atoms with Crippen LogP contribution in [0.1, 0.15) is 43.2 Å². The van der Waals surface area contributed by atoms with Crippen LogP contribution in [0.5, 0.6) is 23.0 Å². The first-order chi connectivity index (χ1) is 25.5. The number of pyridine rings is 1. The van der Waals surface area contributed by atoms with Crippen LogP contribution in [0.3, 0.4) is 0 Å². The van der Waals surface area contributed by atoms with Gasteiger partial charge in [0.15, 0.2) is 23.0 Å². The van der Waals surface area contributed by atoms with E-state index in [4.69, 9.17) is 33.9 Å². The van der Waals surface area contributed by atoms with Gasteiger partial charge in [-0.25, -0.2) is 0 Å². The smallest absolute Gasteiger partial charge is 0.261 e. The highest BCUT2D eigenvalue weighted by Crippen LogP contribution is 2.43. The Morgan fingerprint density at radius 2 is 1.06 bits per heavy atom. The molecule has 2 amide bonds. The van der Waals surface area contributed by atoms with Crippen LogP contribution in [0.2, 0.25) is 0 Å². The van der Waals surface area contributed by atoms with E-state index in [0.29, 0.717) is 69.7 Å². The molecular weight excluding hydrogens is 658 g/mol. The molecule has 9 rings (SSSR count). The summed E-state index contributed by atoms with van der Waals surface area (Å²) in [6.45, 7) is 0.283. The highest BCUT2D eigenvalue weighted by atomic mass is 16.5. The fourth-order valence-corrected chi connectivity index (χ4v) is 7.37. The Bertz CT molecular complexity index is 2180. The number of hydrogen-bond acceptors (Lipinski definition) is 9. The van der Waals surface area contributed by atoms with Crippen molar-refractivity contribution in [2.24, 2.45) is 9.98 Å². The van der Waals surface area contributed by atoms with Gasteiger partial charge in [0.1, 0.15) is 13.2 Å². The molecule has 5 aromatic rings. The van der Waals surface area contributed by atoms with Crippen LogP contribution in [-0.2, 0) is 26.1 Å². The summed E-state index contributed by atoms with van der Waals surface area (Å²) in [4.78, 5) is 45.3. The number of nitrogens with zero attached hydrogens (tertiary/aromatic N) is 5. The molecule has 0 aliphatic carbocycles. The molecule has 11 heteroatoms. The van der Waals surface area contributed by atoms with Gasteiger partial charge in [0, 0.05) is 48.8 Å². The minimum atomic E-state index is -0.154. The first kappa shape index (κ1) is 31.5. The highest BCUT2D eigenvalue weighted by Gasteiger charge is 2.38. The number of rotatable bonds is 8. The van der Waals surface area contributed by atoms with Gasteiger partial charge in [-0.1, -0.05) is 42.5 Å². The Morgan fingerprint density at radius 1 is 0.596 bits per heavy atom. The van der Waals surface area contributed by atoms with Crippen molar-refractivity contribution >= 4 is 47.0 Å². The van der Waals surface area contributed by atoms with E-state index < -0.39 is 0 Å². The number of ether oxygens (including phenoxy) is 4. The molecule has 0 unspecified atom stereocenters. The van der Waals surface area contributed by atoms with Gasteiger partial charge in [-0.2, -0.15) is 0 Å². The molecule has 4 aromatic carbocycles. The molecule has 11 nitrogen and oxygen atoms in total. The van der Waals surface area contributed by atoms with Crippen LogP contribution in [0.4, 0.5) is 22.7 Å². The molecule has 0 saturated carbocycles. The van der Waals surface area contributed by atoms with Gasteiger partial charge in [0.05, 0.1) is 60.2 Å². The third-order valence-electron chi connectivity index (χ3n) is 9.87. The minimum Gasteiger partial charge on any atom is -0.493 e. The molecule has 4 aliphatic heterocycles. The minimum absolute atomic E-state index is 0.128. The maximum Gasteiger partial charge on any atom is 0.261 e. The third-order valence-corrected chi connectivity index (χ3v) is 9.87. The SMILES string of the molecule is COc1cc2c(cc1OCc1cccc(COc3cc4c(cc3OC)C(=O)N3c5ccccc5C[C@H]3C=N4)n1)N=C[C@@H]1Cc3ccccc3N1C2=O. The summed E-state index contributed by atoms with van der Waals surface area (Å²) >= 11 is 0. The largest absolute Gasteiger partial charge is 0.493 e. The van der Waals surface area contributed by atoms with Crippen LogP contribution in [0.15, 0.2) is 101 Å². The Balaban J connectivity index is 0.908. The highest BCUT2D eigenvalue weighted by molar-refractivity contribution is 6.15. The molecule has 0 spiro atoms. The Hall–Kier alpha value is -6.49. The van der Waals surface area contributed by atoms with Crippen LogP contribution < -0.4 is 28.7 Å². The fourth-order valence-electron chi connectivity index (χ4n) is 7.37. The van der Waals surface area contributed by atoms with E-state index in [1.807, 2.05) is 79.2 Å². The zero-order valence-corrected chi connectivity index (χ0v) is 28.5. The molecule has 5 heterocycles. The molecule has 52 heavy (non-hydrogen) atoms. The monoisotopic (exact) mass is 691 g/mol. The number of anilines is 2. The van der Waals surface area contributed by atoms with Crippen LogP contribution in [0.25, 0.3) is 0 Å². The molecule has 0 N–H and O–H groups in total. The molecule has 258 valence electrons. The van der Waals surface area contributed by atoms with Crippen molar-refractivity contribution in [3.63, 3.8) is 0 Å². The summed E-state index contributed by atoms with van der Waals surface area (Å²) in [6, 6.07) is 28.0. The quantitative estimate of drug-likeness (QED) is 0.175. The van der Waals surface area contributed by atoms with Crippen LogP contribution >= 0.6 is 0 Å². The van der Waals surface area contributed by atoms with Crippen molar-refractivity contribution in [3.8, 4) is 23.0 Å². The summed E-state index contributed by atoms with van der Waals surface area (Å²) in [6.07, 6.45) is 5.09. The first-order valence-corrected chi connectivity index (χ1v) is 17.0. The van der Waals surface area contributed by atoms with Gasteiger partial charge in [0.25, 0.3) is 11.8 Å². The number of aromatic nitrogens is 1. The molecule has 1 aromatic heterocycles. The topological polar surface area (TPSA) is 115 Å². The van der Waals surface area contributed by atoms with E-state index in [2.05, 4.69) is 0 Å². The van der Waals surface area contributed by atoms with Gasteiger partial charge >= 0.3 is 0 Å². The summed E-state index contributed by atoms with van der Waals surface area (Å²) < 4.78 is 23.7. The average Bonchev–Trinajstić information content (AvgIpc) is 3.67. The van der Waals surface area contributed by atoms with Crippen LogP contribution in [-0.4, -0.2) is 55.5 Å². The summed E-state index contributed by atoms with van der Waals surface area (Å²) in [5, 5.41) is 0. The van der Waals surface area contributed by atoms with E-state index in [-0.39, 0.29) is 37.1 Å². The summed E-state index contributed by atoms with van der Waals surface area (Å²) in [5.41, 5.74) is 7.33. The van der Waals surface area contributed by atoms with E-state index in [9.17, 15) is 9.59 Å². The standard InChI is InChI=1S/C41H33N5O6/c1-49-36-16-30-32(42-20-28-14-24-8-3-5-12-34(24)45(28)40(30)47)18-38(36)51-22-26-10-7-11-27(44-26)23-52-39-19-33-31(17-37(39)50-2)41(48)46-29(21-43-33)15-25-9-4-6-13-35(25)46/h3-13,16-21,28-29H,14-15,22-23H2,1-2H3/t28-,29-/m0/s1. The maximum absolute atomic E-state index is 13.8. The molecule has 2 atom stereocenters. The van der Waals surface area contributed by atoms with Crippen molar-refractivity contribution in [2.75, 3.05) is 24.0 Å². The second-order valence-corrected chi connectivity index (χ2v) is 12.9. The number of aliphatic imine (C=N–C) groups is 2. The van der Waals surface area contributed by atoms with Gasteiger partial charge < -0.3 is 18.9 Å². The van der Waals surface area contributed by atoms with Crippen LogP contribution in [0, 0.1) is 0 Å². The summed E-state index contributed by atoms with van der Waals surface area (Å²) in [7, 11) is 3.09. The molecule has 0 fully saturated rings. The lowest BCUT2D eigenvalue weighted by atomic mass is 10.1. The maximum atomic E-state index is 13.8. The molecule has 4 aliphatic rings. The number of carbonyl (C=O) groups excluding carboxylic acids is 2. The Labute approximate surface area is 299 Å². The molecule has 0 saturated heterocycles. The number of carbonyl (C=O) groups is 2. The van der Waals surface area contributed by atoms with Gasteiger partial charge in [-0.15, -0.1) is 0 Å². The number of benzene rings is 4. The second kappa shape index (κ2) is 12.7. The number of amides is 2.